The van der Waals surface area contributed by atoms with Crippen molar-refractivity contribution in [2.24, 2.45) is 5.41 Å². The van der Waals surface area contributed by atoms with Gasteiger partial charge in [0.25, 0.3) is 0 Å². The molecule has 2 bridgehead atoms. The van der Waals surface area contributed by atoms with Crippen molar-refractivity contribution in [2.75, 3.05) is 6.61 Å². The summed E-state index contributed by atoms with van der Waals surface area (Å²) >= 11 is 3.56. The largest absolute Gasteiger partial charge is 0.395 e. The summed E-state index contributed by atoms with van der Waals surface area (Å²) in [5.41, 5.74) is 2.49. The summed E-state index contributed by atoms with van der Waals surface area (Å²) in [7, 11) is 0. The van der Waals surface area contributed by atoms with Crippen molar-refractivity contribution in [3.63, 3.8) is 0 Å². The van der Waals surface area contributed by atoms with Crippen LogP contribution in [0.5, 0.6) is 0 Å². The molecule has 0 aliphatic heterocycles. The Morgan fingerprint density at radius 3 is 2.62 bits per heavy atom. The zero-order chi connectivity index (χ0) is 16.8. The van der Waals surface area contributed by atoms with Gasteiger partial charge < -0.3 is 5.11 Å². The Morgan fingerprint density at radius 1 is 1.08 bits per heavy atom. The molecule has 1 fully saturated rings. The van der Waals surface area contributed by atoms with Gasteiger partial charge in [-0.2, -0.15) is 0 Å². The van der Waals surface area contributed by atoms with Gasteiger partial charge in [0.1, 0.15) is 0 Å². The first kappa shape index (κ1) is 16.0. The van der Waals surface area contributed by atoms with E-state index in [1.807, 2.05) is 24.3 Å². The number of benzene rings is 2. The highest BCUT2D eigenvalue weighted by atomic mass is 79.9. The zero-order valence-electron chi connectivity index (χ0n) is 13.6. The quantitative estimate of drug-likeness (QED) is 0.859. The van der Waals surface area contributed by atoms with Gasteiger partial charge in [0.05, 0.1) is 17.4 Å². The number of aliphatic hydroxyl groups excluding tert-OH is 1. The average Bonchev–Trinajstić information content (AvgIpc) is 2.58. The maximum Gasteiger partial charge on any atom is 0.152 e. The molecule has 2 atom stereocenters. The van der Waals surface area contributed by atoms with Crippen molar-refractivity contribution in [1.82, 2.24) is 0 Å². The van der Waals surface area contributed by atoms with Gasteiger partial charge in [-0.15, -0.1) is 0 Å². The molecule has 1 N–H and O–H groups in total. The van der Waals surface area contributed by atoms with Crippen LogP contribution in [0.3, 0.4) is 0 Å². The number of carbonyl (C=O) groups excluding carboxylic acids is 1. The van der Waals surface area contributed by atoms with E-state index in [-0.39, 0.29) is 12.4 Å². The third kappa shape index (κ3) is 2.29. The fourth-order valence-corrected chi connectivity index (χ4v) is 5.25. The molecule has 3 heteroatoms. The molecule has 2 aromatic rings. The zero-order valence-corrected chi connectivity index (χ0v) is 15.2. The Balaban J connectivity index is 1.90. The monoisotopic (exact) mass is 384 g/mol. The van der Waals surface area contributed by atoms with E-state index in [2.05, 4.69) is 40.2 Å². The lowest BCUT2D eigenvalue weighted by atomic mass is 9.51. The van der Waals surface area contributed by atoms with E-state index in [0.717, 1.165) is 30.2 Å². The van der Waals surface area contributed by atoms with Crippen molar-refractivity contribution in [2.45, 2.75) is 37.5 Å². The van der Waals surface area contributed by atoms with Crippen LogP contribution in [0.25, 0.3) is 0 Å². The molecular formula is C21H21BrO2. The van der Waals surface area contributed by atoms with E-state index < -0.39 is 10.8 Å². The van der Waals surface area contributed by atoms with E-state index in [0.29, 0.717) is 6.42 Å². The highest BCUT2D eigenvalue weighted by molar-refractivity contribution is 9.10. The highest BCUT2D eigenvalue weighted by Crippen LogP contribution is 2.53. The molecule has 0 amide bonds. The molecule has 0 saturated heterocycles. The predicted molar refractivity (Wildman–Crippen MR) is 98.0 cm³/mol. The van der Waals surface area contributed by atoms with Crippen LogP contribution in [-0.2, 0) is 23.1 Å². The van der Waals surface area contributed by atoms with Crippen molar-refractivity contribution >= 4 is 21.7 Å². The Morgan fingerprint density at radius 2 is 1.88 bits per heavy atom. The molecular weight excluding hydrogens is 364 g/mol. The van der Waals surface area contributed by atoms with Gasteiger partial charge in [0.15, 0.2) is 5.78 Å². The fraction of sp³-hybridized carbons (Fsp3) is 0.381. The number of carbonyl (C=O) groups is 1. The summed E-state index contributed by atoms with van der Waals surface area (Å²) in [5, 5.41) is 10.1. The van der Waals surface area contributed by atoms with E-state index in [4.69, 9.17) is 0 Å². The minimum Gasteiger partial charge on any atom is -0.395 e. The summed E-state index contributed by atoms with van der Waals surface area (Å²) in [6.45, 7) is -0.0473. The van der Waals surface area contributed by atoms with Gasteiger partial charge in [0, 0.05) is 4.47 Å². The summed E-state index contributed by atoms with van der Waals surface area (Å²) in [6, 6.07) is 16.6. The number of rotatable bonds is 3. The molecule has 2 aliphatic rings. The minimum atomic E-state index is -0.596. The SMILES string of the molecule is O=C1[C@@]2(CO)CCC[C@@]1(Cc1ccccc1)c1ccc(Br)cc1C2. The molecule has 0 spiro atoms. The van der Waals surface area contributed by atoms with Gasteiger partial charge in [-0.05, 0) is 54.5 Å². The lowest BCUT2D eigenvalue weighted by Gasteiger charge is -2.51. The molecule has 2 aliphatic carbocycles. The van der Waals surface area contributed by atoms with Crippen LogP contribution in [0.2, 0.25) is 0 Å². The van der Waals surface area contributed by atoms with Crippen LogP contribution in [-0.4, -0.2) is 17.5 Å². The molecule has 0 radical (unpaired) electrons. The van der Waals surface area contributed by atoms with Crippen molar-refractivity contribution in [1.29, 1.82) is 0 Å². The first-order chi connectivity index (χ1) is 11.6. The third-order valence-corrected chi connectivity index (χ3v) is 6.43. The number of hydrogen-bond acceptors (Lipinski definition) is 2. The fourth-order valence-electron chi connectivity index (χ4n) is 4.84. The number of aliphatic hydroxyl groups is 1. The first-order valence-electron chi connectivity index (χ1n) is 8.58. The molecule has 1 saturated carbocycles. The van der Waals surface area contributed by atoms with Gasteiger partial charge in [0.2, 0.25) is 0 Å². The number of fused-ring (bicyclic) bond motifs is 4. The van der Waals surface area contributed by atoms with Crippen molar-refractivity contribution in [3.8, 4) is 0 Å². The smallest absolute Gasteiger partial charge is 0.152 e. The van der Waals surface area contributed by atoms with Crippen LogP contribution >= 0.6 is 15.9 Å². The first-order valence-corrected chi connectivity index (χ1v) is 9.38. The maximum atomic E-state index is 13.6. The summed E-state index contributed by atoms with van der Waals surface area (Å²) in [4.78, 5) is 13.6. The molecule has 4 rings (SSSR count). The normalized spacial score (nSPS) is 28.5. The van der Waals surface area contributed by atoms with Crippen LogP contribution in [0.15, 0.2) is 53.0 Å². The van der Waals surface area contributed by atoms with E-state index in [9.17, 15) is 9.90 Å². The second-order valence-electron chi connectivity index (χ2n) is 7.34. The summed E-state index contributed by atoms with van der Waals surface area (Å²) in [5.74, 6) is 0.252. The molecule has 124 valence electrons. The summed E-state index contributed by atoms with van der Waals surface area (Å²) < 4.78 is 1.04. The third-order valence-electron chi connectivity index (χ3n) is 5.94. The van der Waals surface area contributed by atoms with Gasteiger partial charge in [-0.25, -0.2) is 0 Å². The Labute approximate surface area is 151 Å². The molecule has 2 nitrogen and oxygen atoms in total. The molecule has 0 unspecified atom stereocenters. The Bertz CT molecular complexity index is 786. The van der Waals surface area contributed by atoms with E-state index in [1.165, 1.54) is 16.7 Å². The second-order valence-corrected chi connectivity index (χ2v) is 8.26. The maximum absolute atomic E-state index is 13.6. The highest BCUT2D eigenvalue weighted by Gasteiger charge is 2.57. The lowest BCUT2D eigenvalue weighted by molar-refractivity contribution is -0.143. The number of Topliss-reactive ketones (excluding diaryl/α,β-unsaturated/α-hetero) is 1. The summed E-state index contributed by atoms with van der Waals surface area (Å²) in [6.07, 6.45) is 4.05. The van der Waals surface area contributed by atoms with Crippen LogP contribution in [0, 0.1) is 5.41 Å². The second kappa shape index (κ2) is 5.82. The topological polar surface area (TPSA) is 37.3 Å². The van der Waals surface area contributed by atoms with Crippen molar-refractivity contribution < 1.29 is 9.90 Å². The average molecular weight is 385 g/mol. The van der Waals surface area contributed by atoms with E-state index in [1.54, 1.807) is 0 Å². The van der Waals surface area contributed by atoms with Crippen LogP contribution in [0.1, 0.15) is 36.0 Å². The standard InChI is InChI=1S/C21H21BrO2/c22-17-7-8-18-16(11-17)13-20(14-23)9-4-10-21(18,19(20)24)12-15-5-2-1-3-6-15/h1-3,5-8,11,23H,4,9-10,12-14H2/t20-,21+/m0/s1. The predicted octanol–water partition coefficient (Wildman–Crippen LogP) is 4.22. The molecule has 24 heavy (non-hydrogen) atoms. The van der Waals surface area contributed by atoms with E-state index >= 15 is 0 Å². The lowest BCUT2D eigenvalue weighted by Crippen LogP contribution is -2.57. The molecule has 0 heterocycles. The van der Waals surface area contributed by atoms with Crippen molar-refractivity contribution in [3.05, 3.63) is 69.7 Å². The number of hydrogen-bond donors (Lipinski definition) is 1. The molecule has 2 aromatic carbocycles. The minimum absolute atomic E-state index is 0.0473. The number of halogens is 1. The van der Waals surface area contributed by atoms with Gasteiger partial charge in [-0.1, -0.05) is 58.7 Å². The van der Waals surface area contributed by atoms with Gasteiger partial charge in [-0.3, -0.25) is 4.79 Å². The number of ketones is 1. The Hall–Kier alpha value is -1.45. The van der Waals surface area contributed by atoms with Crippen LogP contribution < -0.4 is 0 Å². The Kier molecular flexibility index (Phi) is 3.89. The van der Waals surface area contributed by atoms with Gasteiger partial charge >= 0.3 is 0 Å². The van der Waals surface area contributed by atoms with Crippen LogP contribution in [0.4, 0.5) is 0 Å². The molecule has 0 aromatic heterocycles.